The highest BCUT2D eigenvalue weighted by molar-refractivity contribution is 5.91. The van der Waals surface area contributed by atoms with E-state index in [0.29, 0.717) is 11.3 Å². The lowest BCUT2D eigenvalue weighted by Gasteiger charge is -2.26. The van der Waals surface area contributed by atoms with Gasteiger partial charge >= 0.3 is 5.97 Å². The van der Waals surface area contributed by atoms with Crippen LogP contribution in [0.25, 0.3) is 0 Å². The summed E-state index contributed by atoms with van der Waals surface area (Å²) in [7, 11) is 0. The minimum Gasteiger partial charge on any atom is -0.423 e. The van der Waals surface area contributed by atoms with Gasteiger partial charge in [-0.3, -0.25) is 0 Å². The fourth-order valence-corrected chi connectivity index (χ4v) is 4.24. The molecule has 2 aromatic rings. The number of ether oxygens (including phenoxy) is 1. The number of rotatable bonds is 5. The summed E-state index contributed by atoms with van der Waals surface area (Å²) in [5.41, 5.74) is 6.57. The monoisotopic (exact) mass is 378 g/mol. The highest BCUT2D eigenvalue weighted by Crippen LogP contribution is 2.31. The molecular weight excluding hydrogens is 344 g/mol. The molecule has 0 bridgehead atoms. The summed E-state index contributed by atoms with van der Waals surface area (Å²) >= 11 is 0. The third-order valence-corrected chi connectivity index (χ3v) is 6.80. The van der Waals surface area contributed by atoms with Crippen LogP contribution >= 0.6 is 0 Å². The molecule has 2 heteroatoms. The zero-order valence-corrected chi connectivity index (χ0v) is 18.1. The summed E-state index contributed by atoms with van der Waals surface area (Å²) in [6, 6.07) is 9.95. The van der Waals surface area contributed by atoms with Gasteiger partial charge in [0.25, 0.3) is 0 Å². The minimum absolute atomic E-state index is 0.279. The molecule has 28 heavy (non-hydrogen) atoms. The Balaban J connectivity index is 1.60. The lowest BCUT2D eigenvalue weighted by Crippen LogP contribution is -2.13. The quantitative estimate of drug-likeness (QED) is 0.418. The van der Waals surface area contributed by atoms with Crippen LogP contribution in [0.15, 0.2) is 30.3 Å². The van der Waals surface area contributed by atoms with Crippen molar-refractivity contribution in [1.82, 2.24) is 0 Å². The Morgan fingerprint density at radius 2 is 1.57 bits per heavy atom. The Morgan fingerprint density at radius 1 is 0.929 bits per heavy atom. The zero-order valence-electron chi connectivity index (χ0n) is 18.1. The Morgan fingerprint density at radius 3 is 2.21 bits per heavy atom. The molecule has 0 spiro atoms. The number of carbonyl (C=O) groups excluding carboxylic acids is 1. The van der Waals surface area contributed by atoms with Crippen molar-refractivity contribution in [3.05, 3.63) is 63.7 Å². The molecule has 1 saturated carbocycles. The Hall–Kier alpha value is -2.09. The normalized spacial score (nSPS) is 19.5. The van der Waals surface area contributed by atoms with Crippen molar-refractivity contribution in [2.45, 2.75) is 73.1 Å². The highest BCUT2D eigenvalue weighted by Gasteiger charge is 2.18. The zero-order chi connectivity index (χ0) is 20.3. The van der Waals surface area contributed by atoms with E-state index >= 15 is 0 Å². The van der Waals surface area contributed by atoms with Gasteiger partial charge in [-0.05, 0) is 98.4 Å². The predicted octanol–water partition coefficient (Wildman–Crippen LogP) is 6.90. The largest absolute Gasteiger partial charge is 0.423 e. The smallest absolute Gasteiger partial charge is 0.343 e. The van der Waals surface area contributed by atoms with Crippen molar-refractivity contribution >= 4 is 5.97 Å². The van der Waals surface area contributed by atoms with Crippen molar-refractivity contribution in [3.63, 3.8) is 0 Å². The molecule has 2 nitrogen and oxygen atoms in total. The molecule has 150 valence electrons. The molecule has 0 unspecified atom stereocenters. The van der Waals surface area contributed by atoms with Crippen LogP contribution in [0, 0.1) is 39.5 Å². The maximum Gasteiger partial charge on any atom is 0.343 e. The number of hydrogen-bond donors (Lipinski definition) is 0. The second kappa shape index (κ2) is 8.94. The maximum absolute atomic E-state index is 12.6. The number of hydrogen-bond acceptors (Lipinski definition) is 2. The SMILES string of the molecule is Cc1cc(OC(=O)c2ccc(CCC3CCC(C)CC3)cc2)c(C)c(C)c1C. The third kappa shape index (κ3) is 4.84. The van der Waals surface area contributed by atoms with Crippen LogP contribution in [-0.4, -0.2) is 5.97 Å². The molecule has 1 aliphatic rings. The van der Waals surface area contributed by atoms with Crippen LogP contribution in [0.1, 0.15) is 77.2 Å². The summed E-state index contributed by atoms with van der Waals surface area (Å²) < 4.78 is 5.71. The Bertz CT molecular complexity index is 825. The van der Waals surface area contributed by atoms with Gasteiger partial charge in [0.15, 0.2) is 0 Å². The van der Waals surface area contributed by atoms with E-state index in [2.05, 4.69) is 39.8 Å². The van der Waals surface area contributed by atoms with Gasteiger partial charge in [-0.15, -0.1) is 0 Å². The highest BCUT2D eigenvalue weighted by atomic mass is 16.5. The van der Waals surface area contributed by atoms with Crippen LogP contribution in [0.5, 0.6) is 5.75 Å². The molecule has 0 amide bonds. The van der Waals surface area contributed by atoms with Crippen LogP contribution in [0.4, 0.5) is 0 Å². The molecule has 2 aromatic carbocycles. The van der Waals surface area contributed by atoms with Crippen molar-refractivity contribution in [3.8, 4) is 5.75 Å². The second-order valence-corrected chi connectivity index (χ2v) is 8.82. The van der Waals surface area contributed by atoms with Crippen molar-refractivity contribution < 1.29 is 9.53 Å². The second-order valence-electron chi connectivity index (χ2n) is 8.82. The lowest BCUT2D eigenvalue weighted by molar-refractivity contribution is 0.0733. The Kier molecular flexibility index (Phi) is 6.59. The van der Waals surface area contributed by atoms with Gasteiger partial charge in [-0.2, -0.15) is 0 Å². The number of aryl methyl sites for hydroxylation is 2. The van der Waals surface area contributed by atoms with Crippen LogP contribution < -0.4 is 4.74 Å². The lowest BCUT2D eigenvalue weighted by atomic mass is 9.80. The van der Waals surface area contributed by atoms with Crippen molar-refractivity contribution in [1.29, 1.82) is 0 Å². The molecule has 3 rings (SSSR count). The molecule has 0 aliphatic heterocycles. The van der Waals surface area contributed by atoms with Crippen LogP contribution in [-0.2, 0) is 6.42 Å². The van der Waals surface area contributed by atoms with E-state index in [-0.39, 0.29) is 5.97 Å². The summed E-state index contributed by atoms with van der Waals surface area (Å²) in [4.78, 5) is 12.6. The van der Waals surface area contributed by atoms with Gasteiger partial charge in [-0.25, -0.2) is 4.79 Å². The first-order valence-corrected chi connectivity index (χ1v) is 10.7. The van der Waals surface area contributed by atoms with Crippen molar-refractivity contribution in [2.75, 3.05) is 0 Å². The predicted molar refractivity (Wildman–Crippen MR) is 116 cm³/mol. The molecule has 1 fully saturated rings. The molecular formula is C26H34O2. The van der Waals surface area contributed by atoms with E-state index in [0.717, 1.165) is 29.4 Å². The first-order chi connectivity index (χ1) is 13.3. The molecule has 0 radical (unpaired) electrons. The topological polar surface area (TPSA) is 26.3 Å². The fraction of sp³-hybridized carbons (Fsp3) is 0.500. The first-order valence-electron chi connectivity index (χ1n) is 10.7. The number of benzene rings is 2. The fourth-order valence-electron chi connectivity index (χ4n) is 4.24. The van der Waals surface area contributed by atoms with Gasteiger partial charge in [0.2, 0.25) is 0 Å². The van der Waals surface area contributed by atoms with E-state index in [1.165, 1.54) is 48.8 Å². The van der Waals surface area contributed by atoms with Gasteiger partial charge in [0.05, 0.1) is 5.56 Å². The van der Waals surface area contributed by atoms with Crippen LogP contribution in [0.3, 0.4) is 0 Å². The van der Waals surface area contributed by atoms with E-state index < -0.39 is 0 Å². The van der Waals surface area contributed by atoms with E-state index in [1.807, 2.05) is 25.1 Å². The van der Waals surface area contributed by atoms with Gasteiger partial charge < -0.3 is 4.74 Å². The molecule has 1 aliphatic carbocycles. The van der Waals surface area contributed by atoms with Gasteiger partial charge in [0.1, 0.15) is 5.75 Å². The average Bonchev–Trinajstić information content (AvgIpc) is 2.70. The minimum atomic E-state index is -0.279. The summed E-state index contributed by atoms with van der Waals surface area (Å²) in [5.74, 6) is 2.17. The third-order valence-electron chi connectivity index (χ3n) is 6.80. The van der Waals surface area contributed by atoms with Crippen LogP contribution in [0.2, 0.25) is 0 Å². The van der Waals surface area contributed by atoms with Gasteiger partial charge in [0, 0.05) is 0 Å². The summed E-state index contributed by atoms with van der Waals surface area (Å²) in [6.07, 6.45) is 7.88. The summed E-state index contributed by atoms with van der Waals surface area (Å²) in [6.45, 7) is 10.6. The molecule has 0 heterocycles. The maximum atomic E-state index is 12.6. The number of esters is 1. The summed E-state index contributed by atoms with van der Waals surface area (Å²) in [5, 5.41) is 0. The van der Waals surface area contributed by atoms with E-state index in [1.54, 1.807) is 0 Å². The number of carbonyl (C=O) groups is 1. The van der Waals surface area contributed by atoms with Crippen molar-refractivity contribution in [2.24, 2.45) is 11.8 Å². The first kappa shape index (κ1) is 20.6. The molecule has 0 aromatic heterocycles. The van der Waals surface area contributed by atoms with E-state index in [9.17, 15) is 4.79 Å². The standard InChI is InChI=1S/C26H34O2/c1-17-6-8-22(9-7-17)10-11-23-12-14-24(15-13-23)26(27)28-25-16-18(2)19(3)20(4)21(25)5/h12-17,22H,6-11H2,1-5H3. The van der Waals surface area contributed by atoms with Gasteiger partial charge in [-0.1, -0.05) is 44.7 Å². The molecule has 0 atom stereocenters. The molecule has 0 N–H and O–H groups in total. The van der Waals surface area contributed by atoms with E-state index in [4.69, 9.17) is 4.74 Å². The molecule has 0 saturated heterocycles. The average molecular weight is 379 g/mol. The Labute approximate surface area is 170 Å².